The van der Waals surface area contributed by atoms with E-state index in [1.54, 1.807) is 0 Å². The largest absolute Gasteiger partial charge is 0.371 e. The van der Waals surface area contributed by atoms with Crippen molar-refractivity contribution in [2.24, 2.45) is 4.99 Å². The Morgan fingerprint density at radius 1 is 1.06 bits per heavy atom. The number of carbonyl (C=O) groups excluding carboxylic acids is 2. The van der Waals surface area contributed by atoms with Crippen molar-refractivity contribution >= 4 is 23.5 Å². The van der Waals surface area contributed by atoms with Crippen LogP contribution in [-0.2, 0) is 15.0 Å². The zero-order valence-corrected chi connectivity index (χ0v) is 20.1. The molecule has 2 saturated heterocycles. The summed E-state index contributed by atoms with van der Waals surface area (Å²) in [7, 11) is 0. The molecule has 2 aliphatic heterocycles. The van der Waals surface area contributed by atoms with Crippen molar-refractivity contribution in [3.8, 4) is 0 Å². The third-order valence-corrected chi connectivity index (χ3v) is 6.26. The molecule has 0 aromatic heterocycles. The molecule has 7 heteroatoms. The van der Waals surface area contributed by atoms with E-state index in [1.807, 2.05) is 6.92 Å². The average Bonchev–Trinajstić information content (AvgIpc) is 2.76. The predicted molar refractivity (Wildman–Crippen MR) is 130 cm³/mol. The number of rotatable bonds is 6. The molecule has 2 heterocycles. The molecule has 1 aromatic rings. The molecular formula is C25H39N5O2. The van der Waals surface area contributed by atoms with Gasteiger partial charge in [0, 0.05) is 50.7 Å². The Morgan fingerprint density at radius 2 is 1.69 bits per heavy atom. The molecule has 1 aromatic carbocycles. The lowest BCUT2D eigenvalue weighted by Crippen LogP contribution is -2.49. The summed E-state index contributed by atoms with van der Waals surface area (Å²) < 4.78 is 0. The van der Waals surface area contributed by atoms with Crippen molar-refractivity contribution in [1.82, 2.24) is 15.5 Å². The van der Waals surface area contributed by atoms with Crippen molar-refractivity contribution in [2.45, 2.75) is 71.3 Å². The van der Waals surface area contributed by atoms with E-state index in [4.69, 9.17) is 0 Å². The number of piperidine rings is 2. The number of benzene rings is 1. The minimum atomic E-state index is -0.0719. The molecule has 7 nitrogen and oxygen atoms in total. The second kappa shape index (κ2) is 10.8. The monoisotopic (exact) mass is 441 g/mol. The van der Waals surface area contributed by atoms with Gasteiger partial charge in [-0.3, -0.25) is 19.5 Å². The lowest BCUT2D eigenvalue weighted by atomic mass is 9.87. The van der Waals surface area contributed by atoms with Crippen LogP contribution < -0.4 is 15.5 Å². The fourth-order valence-corrected chi connectivity index (χ4v) is 4.28. The molecule has 0 radical (unpaired) electrons. The Labute approximate surface area is 192 Å². The van der Waals surface area contributed by atoms with Crippen LogP contribution in [0.5, 0.6) is 0 Å². The maximum Gasteiger partial charge on any atom is 0.229 e. The van der Waals surface area contributed by atoms with Crippen LogP contribution in [-0.4, -0.2) is 61.4 Å². The van der Waals surface area contributed by atoms with Crippen molar-refractivity contribution in [1.29, 1.82) is 0 Å². The van der Waals surface area contributed by atoms with Crippen LogP contribution in [0.3, 0.4) is 0 Å². The summed E-state index contributed by atoms with van der Waals surface area (Å²) in [5.74, 6) is 0.618. The second-order valence-electron chi connectivity index (χ2n) is 9.76. The fourth-order valence-electron chi connectivity index (χ4n) is 4.28. The standard InChI is InChI=1S/C25H39N5O2/c1-5-26-24(27-15-18-30-22(31)7-6-8-23(30)32)28-20-13-16-29(17-14-20)21-11-9-19(10-12-21)25(2,3)4/h9-12,20H,5-8,13-18H2,1-4H3,(H2,26,27,28). The highest BCUT2D eigenvalue weighted by Gasteiger charge is 2.25. The Morgan fingerprint density at radius 3 is 2.25 bits per heavy atom. The first-order chi connectivity index (χ1) is 15.3. The summed E-state index contributed by atoms with van der Waals surface area (Å²) in [5.41, 5.74) is 2.82. The van der Waals surface area contributed by atoms with Crippen molar-refractivity contribution in [3.63, 3.8) is 0 Å². The normalized spacial score (nSPS) is 18.8. The summed E-state index contributed by atoms with van der Waals surface area (Å²) in [6.07, 6.45) is 3.67. The van der Waals surface area contributed by atoms with Gasteiger partial charge >= 0.3 is 0 Å². The lowest BCUT2D eigenvalue weighted by Gasteiger charge is -2.35. The van der Waals surface area contributed by atoms with E-state index in [0.717, 1.165) is 38.4 Å². The number of guanidine groups is 1. The Hall–Kier alpha value is -2.57. The van der Waals surface area contributed by atoms with Gasteiger partial charge in [-0.25, -0.2) is 0 Å². The number of aliphatic imine (C=N–C) groups is 1. The minimum absolute atomic E-state index is 0.0719. The number of hydrogen-bond acceptors (Lipinski definition) is 4. The molecule has 0 bridgehead atoms. The van der Waals surface area contributed by atoms with Gasteiger partial charge in [-0.05, 0) is 49.3 Å². The maximum atomic E-state index is 12.0. The molecule has 176 valence electrons. The number of nitrogens with one attached hydrogen (secondary N) is 2. The van der Waals surface area contributed by atoms with Crippen LogP contribution in [0.15, 0.2) is 29.3 Å². The van der Waals surface area contributed by atoms with Crippen molar-refractivity contribution in [2.75, 3.05) is 37.6 Å². The van der Waals surface area contributed by atoms with Crippen LogP contribution in [0.4, 0.5) is 5.69 Å². The topological polar surface area (TPSA) is 77.0 Å². The number of likely N-dealkylation sites (tertiary alicyclic amines) is 1. The molecule has 3 rings (SSSR count). The van der Waals surface area contributed by atoms with E-state index in [0.29, 0.717) is 38.4 Å². The first-order valence-corrected chi connectivity index (χ1v) is 12.0. The lowest BCUT2D eigenvalue weighted by molar-refractivity contribution is -0.147. The quantitative estimate of drug-likeness (QED) is 0.403. The van der Waals surface area contributed by atoms with Gasteiger partial charge in [0.2, 0.25) is 11.8 Å². The van der Waals surface area contributed by atoms with E-state index >= 15 is 0 Å². The molecule has 0 saturated carbocycles. The molecule has 0 unspecified atom stereocenters. The first-order valence-electron chi connectivity index (χ1n) is 12.0. The van der Waals surface area contributed by atoms with E-state index < -0.39 is 0 Å². The second-order valence-corrected chi connectivity index (χ2v) is 9.76. The van der Waals surface area contributed by atoms with Gasteiger partial charge in [0.05, 0.1) is 6.54 Å². The third-order valence-electron chi connectivity index (χ3n) is 6.26. The van der Waals surface area contributed by atoms with Gasteiger partial charge in [0.1, 0.15) is 0 Å². The molecule has 2 N–H and O–H groups in total. The van der Waals surface area contributed by atoms with Crippen LogP contribution in [0.2, 0.25) is 0 Å². The Bertz CT molecular complexity index is 789. The highest BCUT2D eigenvalue weighted by atomic mass is 16.2. The summed E-state index contributed by atoms with van der Waals surface area (Å²) in [6, 6.07) is 9.32. The van der Waals surface area contributed by atoms with Gasteiger partial charge in [0.25, 0.3) is 0 Å². The molecule has 2 fully saturated rings. The predicted octanol–water partition coefficient (Wildman–Crippen LogP) is 3.05. The van der Waals surface area contributed by atoms with Crippen LogP contribution in [0.25, 0.3) is 0 Å². The molecule has 0 atom stereocenters. The van der Waals surface area contributed by atoms with Gasteiger partial charge in [-0.15, -0.1) is 0 Å². The minimum Gasteiger partial charge on any atom is -0.371 e. The summed E-state index contributed by atoms with van der Waals surface area (Å²) in [4.78, 5) is 32.3. The molecule has 2 amide bonds. The number of anilines is 1. The van der Waals surface area contributed by atoms with E-state index in [1.165, 1.54) is 16.2 Å². The molecule has 2 aliphatic rings. The van der Waals surface area contributed by atoms with Crippen molar-refractivity contribution in [3.05, 3.63) is 29.8 Å². The first kappa shape index (κ1) is 24.1. The fraction of sp³-hybridized carbons (Fsp3) is 0.640. The number of hydrogen-bond donors (Lipinski definition) is 2. The molecule has 0 aliphatic carbocycles. The summed E-state index contributed by atoms with van der Waals surface area (Å²) in [5, 5.41) is 6.83. The zero-order valence-electron chi connectivity index (χ0n) is 20.1. The van der Waals surface area contributed by atoms with Crippen LogP contribution >= 0.6 is 0 Å². The number of amides is 2. The zero-order chi connectivity index (χ0) is 23.1. The van der Waals surface area contributed by atoms with Gasteiger partial charge in [-0.1, -0.05) is 32.9 Å². The number of imide groups is 1. The smallest absolute Gasteiger partial charge is 0.229 e. The van der Waals surface area contributed by atoms with E-state index in [-0.39, 0.29) is 17.2 Å². The molecule has 32 heavy (non-hydrogen) atoms. The summed E-state index contributed by atoms with van der Waals surface area (Å²) in [6.45, 7) is 12.3. The van der Waals surface area contributed by atoms with Gasteiger partial charge < -0.3 is 15.5 Å². The highest BCUT2D eigenvalue weighted by molar-refractivity contribution is 5.97. The van der Waals surface area contributed by atoms with E-state index in [9.17, 15) is 9.59 Å². The average molecular weight is 442 g/mol. The molecular weight excluding hydrogens is 402 g/mol. The Balaban J connectivity index is 1.49. The SMILES string of the molecule is CCNC(=NCCN1C(=O)CCCC1=O)NC1CCN(c2ccc(C(C)(C)C)cc2)CC1. The van der Waals surface area contributed by atoms with Crippen LogP contribution in [0.1, 0.15) is 65.4 Å². The number of carbonyl (C=O) groups is 2. The summed E-state index contributed by atoms with van der Waals surface area (Å²) >= 11 is 0. The number of nitrogens with zero attached hydrogens (tertiary/aromatic N) is 3. The van der Waals surface area contributed by atoms with E-state index in [2.05, 4.69) is 65.6 Å². The highest BCUT2D eigenvalue weighted by Crippen LogP contribution is 2.26. The maximum absolute atomic E-state index is 12.0. The van der Waals surface area contributed by atoms with Gasteiger partial charge in [-0.2, -0.15) is 0 Å². The van der Waals surface area contributed by atoms with Gasteiger partial charge in [0.15, 0.2) is 5.96 Å². The Kier molecular flexibility index (Phi) is 8.15. The van der Waals surface area contributed by atoms with Crippen molar-refractivity contribution < 1.29 is 9.59 Å². The van der Waals surface area contributed by atoms with Crippen LogP contribution in [0, 0.1) is 0 Å². The third kappa shape index (κ3) is 6.47. The molecule has 0 spiro atoms.